The van der Waals surface area contributed by atoms with Crippen LogP contribution in [0.2, 0.25) is 0 Å². The number of hydrogen-bond donors (Lipinski definition) is 2. The minimum atomic E-state index is -0.0916. The molecule has 1 aromatic rings. The topological polar surface area (TPSA) is 77.0 Å². The molecule has 1 aromatic carbocycles. The molecule has 0 aliphatic heterocycles. The second kappa shape index (κ2) is 10.1. The Kier molecular flexibility index (Phi) is 8.17. The van der Waals surface area contributed by atoms with Crippen molar-refractivity contribution in [1.29, 1.82) is 0 Å². The third-order valence-electron chi connectivity index (χ3n) is 2.46. The first-order chi connectivity index (χ1) is 9.76. The van der Waals surface area contributed by atoms with Gasteiger partial charge in [-0.25, -0.2) is 0 Å². The molecule has 1 amide bonds. The number of carbonyl (C=O) groups excluding carboxylic acids is 1. The van der Waals surface area contributed by atoms with E-state index in [1.807, 2.05) is 0 Å². The van der Waals surface area contributed by atoms with Crippen LogP contribution in [-0.4, -0.2) is 51.1 Å². The molecule has 0 aliphatic rings. The Morgan fingerprint density at radius 2 is 1.85 bits per heavy atom. The zero-order chi connectivity index (χ0) is 14.6. The molecule has 0 atom stereocenters. The first-order valence-electron chi connectivity index (χ1n) is 6.48. The van der Waals surface area contributed by atoms with Crippen LogP contribution in [0.25, 0.3) is 0 Å². The molecule has 20 heavy (non-hydrogen) atoms. The van der Waals surface area contributed by atoms with Crippen molar-refractivity contribution in [3.63, 3.8) is 0 Å². The number of methoxy groups -OCH3 is 1. The first kappa shape index (κ1) is 16.3. The van der Waals surface area contributed by atoms with Gasteiger partial charge in [-0.1, -0.05) is 0 Å². The monoisotopic (exact) mass is 283 g/mol. The molecule has 0 bridgehead atoms. The van der Waals surface area contributed by atoms with Crippen LogP contribution in [0.15, 0.2) is 24.3 Å². The molecule has 0 unspecified atom stereocenters. The number of hydrogen-bond acceptors (Lipinski definition) is 5. The summed E-state index contributed by atoms with van der Waals surface area (Å²) in [5, 5.41) is 11.2. The summed E-state index contributed by atoms with van der Waals surface area (Å²) in [7, 11) is 1.60. The van der Waals surface area contributed by atoms with Crippen molar-refractivity contribution in [2.45, 2.75) is 6.42 Å². The number of benzene rings is 1. The van der Waals surface area contributed by atoms with Gasteiger partial charge in [0.2, 0.25) is 5.91 Å². The van der Waals surface area contributed by atoms with Gasteiger partial charge in [0, 0.05) is 6.54 Å². The fourth-order valence-corrected chi connectivity index (χ4v) is 1.45. The number of nitrogens with one attached hydrogen (secondary N) is 1. The summed E-state index contributed by atoms with van der Waals surface area (Å²) >= 11 is 0. The van der Waals surface area contributed by atoms with Crippen LogP contribution in [0.1, 0.15) is 6.42 Å². The van der Waals surface area contributed by atoms with E-state index in [0.29, 0.717) is 25.5 Å². The molecule has 1 rings (SSSR count). The third-order valence-corrected chi connectivity index (χ3v) is 2.46. The van der Waals surface area contributed by atoms with E-state index in [1.165, 1.54) is 0 Å². The van der Waals surface area contributed by atoms with Crippen LogP contribution in [0.3, 0.4) is 0 Å². The molecule has 0 aliphatic carbocycles. The zero-order valence-electron chi connectivity index (χ0n) is 11.6. The van der Waals surface area contributed by atoms with Gasteiger partial charge in [0.05, 0.1) is 40.0 Å². The maximum atomic E-state index is 11.5. The lowest BCUT2D eigenvalue weighted by atomic mass is 10.3. The van der Waals surface area contributed by atoms with Crippen molar-refractivity contribution in [2.24, 2.45) is 0 Å². The Balaban J connectivity index is 2.08. The number of aliphatic hydroxyl groups excluding tert-OH is 1. The van der Waals surface area contributed by atoms with E-state index in [0.717, 1.165) is 5.75 Å². The normalized spacial score (nSPS) is 10.1. The van der Waals surface area contributed by atoms with Crippen molar-refractivity contribution < 1.29 is 24.1 Å². The number of amides is 1. The minimum absolute atomic E-state index is 0.0103. The molecule has 0 fully saturated rings. The molecule has 112 valence electrons. The lowest BCUT2D eigenvalue weighted by Gasteiger charge is -2.08. The van der Waals surface area contributed by atoms with Crippen LogP contribution in [0.5, 0.6) is 11.5 Å². The highest BCUT2D eigenvalue weighted by atomic mass is 16.5. The highest BCUT2D eigenvalue weighted by molar-refractivity contribution is 5.75. The predicted octanol–water partition coefficient (Wildman–Crippen LogP) is 0.589. The van der Waals surface area contributed by atoms with Crippen molar-refractivity contribution in [3.05, 3.63) is 24.3 Å². The van der Waals surface area contributed by atoms with E-state index in [2.05, 4.69) is 5.32 Å². The van der Waals surface area contributed by atoms with Crippen molar-refractivity contribution in [1.82, 2.24) is 5.32 Å². The average molecular weight is 283 g/mol. The first-order valence-corrected chi connectivity index (χ1v) is 6.48. The highest BCUT2D eigenvalue weighted by Gasteiger charge is 2.01. The Hall–Kier alpha value is -1.79. The van der Waals surface area contributed by atoms with Gasteiger partial charge in [-0.15, -0.1) is 0 Å². The molecule has 2 N–H and O–H groups in total. The lowest BCUT2D eigenvalue weighted by molar-refractivity contribution is -0.121. The van der Waals surface area contributed by atoms with Crippen LogP contribution in [-0.2, 0) is 9.53 Å². The third kappa shape index (κ3) is 6.96. The summed E-state index contributed by atoms with van der Waals surface area (Å²) in [4.78, 5) is 11.5. The summed E-state index contributed by atoms with van der Waals surface area (Å²) in [6.07, 6.45) is 0.284. The molecule has 0 radical (unpaired) electrons. The smallest absolute Gasteiger partial charge is 0.223 e. The van der Waals surface area contributed by atoms with Gasteiger partial charge >= 0.3 is 0 Å². The van der Waals surface area contributed by atoms with Crippen LogP contribution < -0.4 is 14.8 Å². The van der Waals surface area contributed by atoms with E-state index in [1.54, 1.807) is 31.4 Å². The van der Waals surface area contributed by atoms with Gasteiger partial charge in [-0.05, 0) is 24.3 Å². The molecule has 0 saturated carbocycles. The van der Waals surface area contributed by atoms with Gasteiger partial charge in [0.25, 0.3) is 0 Å². The van der Waals surface area contributed by atoms with E-state index in [4.69, 9.17) is 19.3 Å². The van der Waals surface area contributed by atoms with Crippen LogP contribution >= 0.6 is 0 Å². The van der Waals surface area contributed by atoms with Crippen LogP contribution in [0.4, 0.5) is 0 Å². The van der Waals surface area contributed by atoms with E-state index < -0.39 is 0 Å². The molecule has 6 heteroatoms. The molecule has 0 spiro atoms. The largest absolute Gasteiger partial charge is 0.497 e. The summed E-state index contributed by atoms with van der Waals surface area (Å²) in [6, 6.07) is 7.18. The molecular formula is C14H21NO5. The summed E-state index contributed by atoms with van der Waals surface area (Å²) in [5.41, 5.74) is 0. The summed E-state index contributed by atoms with van der Waals surface area (Å²) < 4.78 is 15.5. The molecule has 6 nitrogen and oxygen atoms in total. The Morgan fingerprint density at radius 1 is 1.15 bits per heavy atom. The number of carbonyl (C=O) groups is 1. The second-order valence-corrected chi connectivity index (χ2v) is 3.96. The maximum Gasteiger partial charge on any atom is 0.223 e. The van der Waals surface area contributed by atoms with Gasteiger partial charge in [0.1, 0.15) is 11.5 Å². The van der Waals surface area contributed by atoms with E-state index in [-0.39, 0.29) is 25.5 Å². The van der Waals surface area contributed by atoms with Crippen molar-refractivity contribution in [2.75, 3.05) is 40.1 Å². The summed E-state index contributed by atoms with van der Waals surface area (Å²) in [5.74, 6) is 1.37. The number of rotatable bonds is 10. The van der Waals surface area contributed by atoms with Crippen molar-refractivity contribution in [3.8, 4) is 11.5 Å². The lowest BCUT2D eigenvalue weighted by Crippen LogP contribution is -2.28. The molecular weight excluding hydrogens is 262 g/mol. The maximum absolute atomic E-state index is 11.5. The Labute approximate surface area is 118 Å². The molecule has 0 saturated heterocycles. The standard InChI is InChI=1S/C14H21NO5/c1-18-12-2-4-13(5-3-12)20-9-6-14(17)15-7-10-19-11-8-16/h2-5,16H,6-11H2,1H3,(H,15,17). The quantitative estimate of drug-likeness (QED) is 0.615. The van der Waals surface area contributed by atoms with Gasteiger partial charge in [0.15, 0.2) is 0 Å². The average Bonchev–Trinajstić information content (AvgIpc) is 2.48. The fourth-order valence-electron chi connectivity index (χ4n) is 1.45. The van der Waals surface area contributed by atoms with Gasteiger partial charge in [-0.3, -0.25) is 4.79 Å². The van der Waals surface area contributed by atoms with Gasteiger partial charge < -0.3 is 24.6 Å². The van der Waals surface area contributed by atoms with Gasteiger partial charge in [-0.2, -0.15) is 0 Å². The van der Waals surface area contributed by atoms with Crippen molar-refractivity contribution >= 4 is 5.91 Å². The highest BCUT2D eigenvalue weighted by Crippen LogP contribution is 2.16. The molecule has 0 aromatic heterocycles. The minimum Gasteiger partial charge on any atom is -0.497 e. The second-order valence-electron chi connectivity index (χ2n) is 3.96. The summed E-state index contributed by atoms with van der Waals surface area (Å²) in [6.45, 7) is 1.42. The Bertz CT molecular complexity index is 380. The zero-order valence-corrected chi connectivity index (χ0v) is 11.6. The van der Waals surface area contributed by atoms with Crippen LogP contribution in [0, 0.1) is 0 Å². The predicted molar refractivity (Wildman–Crippen MR) is 74.0 cm³/mol. The molecule has 0 heterocycles. The Morgan fingerprint density at radius 3 is 2.50 bits per heavy atom. The SMILES string of the molecule is COc1ccc(OCCC(=O)NCCOCCO)cc1. The van der Waals surface area contributed by atoms with E-state index >= 15 is 0 Å². The number of ether oxygens (including phenoxy) is 3. The number of aliphatic hydroxyl groups is 1. The fraction of sp³-hybridized carbons (Fsp3) is 0.500. The van der Waals surface area contributed by atoms with E-state index in [9.17, 15) is 4.79 Å².